The Hall–Kier alpha value is -3.46. The van der Waals surface area contributed by atoms with Crippen molar-refractivity contribution in [1.29, 1.82) is 0 Å². The molecule has 5 rings (SSSR count). The zero-order valence-electron chi connectivity index (χ0n) is 25.6. The van der Waals surface area contributed by atoms with Crippen molar-refractivity contribution in [2.24, 2.45) is 17.8 Å². The van der Waals surface area contributed by atoms with Gasteiger partial charge in [0.25, 0.3) is 5.91 Å². The van der Waals surface area contributed by atoms with E-state index in [1.807, 2.05) is 63.2 Å². The van der Waals surface area contributed by atoms with Gasteiger partial charge in [0.1, 0.15) is 17.6 Å². The molecule has 3 aliphatic rings. The lowest BCUT2D eigenvalue weighted by Gasteiger charge is -2.40. The number of rotatable bonds is 12. The van der Waals surface area contributed by atoms with Crippen LogP contribution in [-0.2, 0) is 23.9 Å². The highest BCUT2D eigenvalue weighted by Gasteiger charge is 2.81. The Labute approximate surface area is 264 Å². The number of likely N-dealkylation sites (tertiary alicyclic amines) is 1. The average Bonchev–Trinajstić information content (AvgIpc) is 3.52. The second-order valence-electron chi connectivity index (χ2n) is 12.3. The van der Waals surface area contributed by atoms with E-state index in [9.17, 15) is 14.7 Å². The Morgan fingerprint density at radius 2 is 1.93 bits per heavy atom. The summed E-state index contributed by atoms with van der Waals surface area (Å²) < 4.78 is 12.6. The van der Waals surface area contributed by atoms with E-state index in [0.29, 0.717) is 35.5 Å². The van der Waals surface area contributed by atoms with Gasteiger partial charge in [-0.25, -0.2) is 0 Å². The molecule has 3 saturated heterocycles. The van der Waals surface area contributed by atoms with E-state index < -0.39 is 59.5 Å². The van der Waals surface area contributed by atoms with Crippen LogP contribution in [0.2, 0.25) is 5.02 Å². The van der Waals surface area contributed by atoms with Crippen molar-refractivity contribution in [3.8, 4) is 0 Å². The van der Waals surface area contributed by atoms with E-state index in [4.69, 9.17) is 21.1 Å². The fraction of sp³-hybridized carbons (Fsp3) is 0.457. The van der Waals surface area contributed by atoms with E-state index >= 15 is 4.79 Å². The first kappa shape index (κ1) is 31.9. The lowest BCUT2D eigenvalue weighted by Crippen LogP contribution is -2.57. The molecule has 0 aliphatic carbocycles. The molecule has 3 fully saturated rings. The van der Waals surface area contributed by atoms with Crippen molar-refractivity contribution in [3.63, 3.8) is 0 Å². The zero-order chi connectivity index (χ0) is 31.8. The number of esters is 1. The van der Waals surface area contributed by atoms with Crippen LogP contribution in [0.3, 0.4) is 0 Å². The van der Waals surface area contributed by atoms with Crippen LogP contribution < -0.4 is 4.90 Å². The van der Waals surface area contributed by atoms with E-state index in [1.165, 1.54) is 9.80 Å². The standard InChI is InChI=1S/C35H41ClN2O6/c1-6-8-12-19-43-33(42)28-27-31(40)38(26(21-39)24-15-10-9-11-16-24)30(35(27)20-23(4)34(28,5)44-35)32(41)37(18-7-2)29-22(3)14-13-17-25(29)36/h6-7,9-11,13-17,23,26-28,30,39H,1-2,8,12,18-21H2,3-5H3/t23?,26-,27+,28+,30?,34-,35?/m1/s1. The van der Waals surface area contributed by atoms with E-state index in [-0.39, 0.29) is 19.1 Å². The number of nitrogens with zero attached hydrogens (tertiary/aromatic N) is 2. The van der Waals surface area contributed by atoms with Crippen LogP contribution in [0.5, 0.6) is 0 Å². The van der Waals surface area contributed by atoms with Crippen LogP contribution in [0.15, 0.2) is 73.8 Å². The first-order chi connectivity index (χ1) is 21.1. The van der Waals surface area contributed by atoms with Crippen LogP contribution in [0.1, 0.15) is 50.3 Å². The molecule has 7 atom stereocenters. The van der Waals surface area contributed by atoms with Gasteiger partial charge >= 0.3 is 5.97 Å². The molecule has 2 aromatic rings. The molecular formula is C35H41ClN2O6. The Morgan fingerprint density at radius 3 is 2.57 bits per heavy atom. The summed E-state index contributed by atoms with van der Waals surface area (Å²) in [5.74, 6) is -3.39. The van der Waals surface area contributed by atoms with Gasteiger partial charge in [0.2, 0.25) is 5.91 Å². The number of carbonyl (C=O) groups is 3. The molecule has 44 heavy (non-hydrogen) atoms. The first-order valence-electron chi connectivity index (χ1n) is 15.2. The van der Waals surface area contributed by atoms with Crippen LogP contribution in [-0.4, -0.2) is 64.8 Å². The number of fused-ring (bicyclic) bond motifs is 1. The lowest BCUT2D eigenvalue weighted by molar-refractivity contribution is -0.162. The van der Waals surface area contributed by atoms with Crippen LogP contribution in [0, 0.1) is 24.7 Å². The van der Waals surface area contributed by atoms with E-state index in [2.05, 4.69) is 13.2 Å². The summed E-state index contributed by atoms with van der Waals surface area (Å²) in [5.41, 5.74) is -0.400. The van der Waals surface area contributed by atoms with Gasteiger partial charge in [-0.2, -0.15) is 0 Å². The number of para-hydroxylation sites is 1. The molecule has 2 aromatic carbocycles. The maximum Gasteiger partial charge on any atom is 0.312 e. The predicted molar refractivity (Wildman–Crippen MR) is 169 cm³/mol. The van der Waals surface area contributed by atoms with Gasteiger partial charge in [-0.05, 0) is 56.2 Å². The molecule has 2 bridgehead atoms. The maximum absolute atomic E-state index is 15.0. The van der Waals surface area contributed by atoms with E-state index in [1.54, 1.807) is 18.2 Å². The Kier molecular flexibility index (Phi) is 9.08. The molecule has 0 radical (unpaired) electrons. The number of benzene rings is 2. The molecule has 1 N–H and O–H groups in total. The lowest BCUT2D eigenvalue weighted by atomic mass is 9.62. The number of aliphatic hydroxyl groups excluding tert-OH is 1. The highest BCUT2D eigenvalue weighted by atomic mass is 35.5. The molecule has 9 heteroatoms. The van der Waals surface area contributed by atoms with Gasteiger partial charge in [0.15, 0.2) is 0 Å². The average molecular weight is 621 g/mol. The number of halogens is 1. The minimum absolute atomic E-state index is 0.124. The number of aliphatic hydroxyl groups is 1. The number of unbranched alkanes of at least 4 members (excludes halogenated alkanes) is 1. The number of aryl methyl sites for hydroxylation is 1. The third-order valence-corrected chi connectivity index (χ3v) is 10.1. The monoisotopic (exact) mass is 620 g/mol. The molecule has 3 unspecified atom stereocenters. The fourth-order valence-electron chi connectivity index (χ4n) is 7.70. The van der Waals surface area contributed by atoms with Gasteiger partial charge in [0.05, 0.1) is 41.5 Å². The minimum atomic E-state index is -1.33. The topological polar surface area (TPSA) is 96.4 Å². The van der Waals surface area contributed by atoms with Crippen molar-refractivity contribution in [3.05, 3.63) is 90.0 Å². The Balaban J connectivity index is 1.67. The molecular weight excluding hydrogens is 580 g/mol. The highest BCUT2D eigenvalue weighted by Crippen LogP contribution is 2.66. The van der Waals surface area contributed by atoms with Gasteiger partial charge in [-0.3, -0.25) is 14.4 Å². The summed E-state index contributed by atoms with van der Waals surface area (Å²) in [6, 6.07) is 12.5. The van der Waals surface area contributed by atoms with Crippen molar-refractivity contribution >= 4 is 35.1 Å². The Bertz CT molecular complexity index is 1430. The molecule has 8 nitrogen and oxygen atoms in total. The number of allylic oxidation sites excluding steroid dienone is 1. The first-order valence-corrected chi connectivity index (χ1v) is 15.6. The number of amides is 2. The second kappa shape index (κ2) is 12.5. The molecule has 3 heterocycles. The maximum atomic E-state index is 15.0. The van der Waals surface area contributed by atoms with Gasteiger partial charge in [0, 0.05) is 6.54 Å². The molecule has 0 saturated carbocycles. The van der Waals surface area contributed by atoms with Crippen LogP contribution >= 0.6 is 11.6 Å². The summed E-state index contributed by atoms with van der Waals surface area (Å²) in [5, 5.41) is 11.2. The second-order valence-corrected chi connectivity index (χ2v) is 12.7. The third kappa shape index (κ3) is 4.97. The number of anilines is 1. The van der Waals surface area contributed by atoms with E-state index in [0.717, 1.165) is 5.56 Å². The summed E-state index contributed by atoms with van der Waals surface area (Å²) in [6.07, 6.45) is 5.05. The largest absolute Gasteiger partial charge is 0.465 e. The van der Waals surface area contributed by atoms with Crippen molar-refractivity contribution in [2.45, 2.75) is 63.3 Å². The summed E-state index contributed by atoms with van der Waals surface area (Å²) in [4.78, 5) is 46.6. The van der Waals surface area contributed by atoms with Gasteiger partial charge < -0.3 is 24.4 Å². The fourth-order valence-corrected chi connectivity index (χ4v) is 8.03. The van der Waals surface area contributed by atoms with Gasteiger partial charge in [-0.1, -0.05) is 73.1 Å². The van der Waals surface area contributed by atoms with Crippen molar-refractivity contribution in [1.82, 2.24) is 4.90 Å². The number of hydrogen-bond acceptors (Lipinski definition) is 6. The molecule has 3 aliphatic heterocycles. The number of ether oxygens (including phenoxy) is 2. The summed E-state index contributed by atoms with van der Waals surface area (Å²) in [6.45, 7) is 13.2. The van der Waals surface area contributed by atoms with Crippen LogP contribution in [0.25, 0.3) is 0 Å². The third-order valence-electron chi connectivity index (χ3n) is 9.77. The number of carbonyl (C=O) groups excluding carboxylic acids is 3. The quantitative estimate of drug-likeness (QED) is 0.193. The number of hydrogen-bond donors (Lipinski definition) is 1. The van der Waals surface area contributed by atoms with Gasteiger partial charge in [-0.15, -0.1) is 13.2 Å². The highest BCUT2D eigenvalue weighted by molar-refractivity contribution is 6.34. The van der Waals surface area contributed by atoms with Crippen molar-refractivity contribution in [2.75, 3.05) is 24.7 Å². The summed E-state index contributed by atoms with van der Waals surface area (Å²) in [7, 11) is 0. The normalized spacial score (nSPS) is 29.3. The molecule has 0 aromatic heterocycles. The molecule has 2 amide bonds. The molecule has 1 spiro atoms. The molecule has 234 valence electrons. The van der Waals surface area contributed by atoms with Crippen LogP contribution in [0.4, 0.5) is 5.69 Å². The summed E-state index contributed by atoms with van der Waals surface area (Å²) >= 11 is 6.68. The van der Waals surface area contributed by atoms with Crippen molar-refractivity contribution < 1.29 is 29.0 Å². The zero-order valence-corrected chi connectivity index (χ0v) is 26.3. The Morgan fingerprint density at radius 1 is 1.20 bits per heavy atom. The SMILES string of the molecule is C=CCCCOC(=O)[C@@H]1[C@H]2C(=O)N([C@H](CO)c3ccccc3)C(C(=O)N(CC=C)c3c(C)cccc3Cl)C23CC(C)[C@@]1(C)O3. The minimum Gasteiger partial charge on any atom is -0.465 e. The predicted octanol–water partition coefficient (Wildman–Crippen LogP) is 5.42. The smallest absolute Gasteiger partial charge is 0.312 e.